The predicted octanol–water partition coefficient (Wildman–Crippen LogP) is -0.301. The van der Waals surface area contributed by atoms with Gasteiger partial charge in [-0.25, -0.2) is 13.6 Å². The van der Waals surface area contributed by atoms with Crippen LogP contribution in [0.1, 0.15) is 6.42 Å². The first-order chi connectivity index (χ1) is 9.89. The molecule has 1 heterocycles. The lowest BCUT2D eigenvalue weighted by Crippen LogP contribution is -2.27. The van der Waals surface area contributed by atoms with Crippen molar-refractivity contribution in [2.45, 2.75) is 6.42 Å². The van der Waals surface area contributed by atoms with E-state index in [0.29, 0.717) is 18.0 Å². The minimum Gasteiger partial charge on any atom is -0.491 e. The van der Waals surface area contributed by atoms with Crippen molar-refractivity contribution < 1.29 is 23.1 Å². The molecule has 1 atom stereocenters. The molecule has 0 spiro atoms. The van der Waals surface area contributed by atoms with Crippen molar-refractivity contribution in [2.24, 2.45) is 11.1 Å². The van der Waals surface area contributed by atoms with Gasteiger partial charge in [-0.3, -0.25) is 4.79 Å². The molecule has 8 heteroatoms. The number of nitrogens with zero attached hydrogens (tertiary/aromatic N) is 1. The first kappa shape index (κ1) is 15.7. The Labute approximate surface area is 123 Å². The van der Waals surface area contributed by atoms with Crippen molar-refractivity contribution >= 4 is 21.6 Å². The Morgan fingerprint density at radius 3 is 2.57 bits per heavy atom. The molecule has 1 amide bonds. The second-order valence-electron chi connectivity index (χ2n) is 4.97. The van der Waals surface area contributed by atoms with Gasteiger partial charge in [0.25, 0.3) is 0 Å². The van der Waals surface area contributed by atoms with E-state index in [4.69, 9.17) is 15.0 Å². The van der Waals surface area contributed by atoms with Gasteiger partial charge >= 0.3 is 0 Å². The summed E-state index contributed by atoms with van der Waals surface area (Å²) in [5, 5.41) is 13.7. The van der Waals surface area contributed by atoms with E-state index >= 15 is 0 Å². The Morgan fingerprint density at radius 2 is 2.00 bits per heavy atom. The molecule has 0 aliphatic carbocycles. The van der Waals surface area contributed by atoms with Gasteiger partial charge in [-0.2, -0.15) is 0 Å². The minimum absolute atomic E-state index is 0.0679. The van der Waals surface area contributed by atoms with Gasteiger partial charge in [0.05, 0.1) is 12.4 Å². The van der Waals surface area contributed by atoms with Crippen LogP contribution in [0.15, 0.2) is 24.3 Å². The van der Waals surface area contributed by atoms with Gasteiger partial charge in [0.15, 0.2) is 0 Å². The quantitative estimate of drug-likeness (QED) is 0.749. The fourth-order valence-electron chi connectivity index (χ4n) is 2.36. The number of benzene rings is 1. The molecule has 1 aliphatic rings. The van der Waals surface area contributed by atoms with E-state index in [-0.39, 0.29) is 37.2 Å². The van der Waals surface area contributed by atoms with Gasteiger partial charge in [-0.1, -0.05) is 0 Å². The Balaban J connectivity index is 2.03. The summed E-state index contributed by atoms with van der Waals surface area (Å²) in [6.07, 6.45) is 0.180. The van der Waals surface area contributed by atoms with E-state index in [1.165, 1.54) is 0 Å². The topological polar surface area (TPSA) is 110 Å². The van der Waals surface area contributed by atoms with E-state index < -0.39 is 10.0 Å². The summed E-state index contributed by atoms with van der Waals surface area (Å²) in [6, 6.07) is 6.85. The summed E-state index contributed by atoms with van der Waals surface area (Å²) in [4.78, 5) is 13.5. The third-order valence-electron chi connectivity index (χ3n) is 3.18. The van der Waals surface area contributed by atoms with Crippen LogP contribution in [-0.4, -0.2) is 44.9 Å². The van der Waals surface area contributed by atoms with Gasteiger partial charge in [-0.05, 0) is 24.3 Å². The van der Waals surface area contributed by atoms with E-state index in [0.717, 1.165) is 0 Å². The molecule has 0 radical (unpaired) electrons. The molecule has 1 fully saturated rings. The summed E-state index contributed by atoms with van der Waals surface area (Å²) in [7, 11) is -3.58. The zero-order valence-electron chi connectivity index (χ0n) is 11.4. The Hall–Kier alpha value is -1.64. The minimum atomic E-state index is -3.58. The lowest BCUT2D eigenvalue weighted by molar-refractivity contribution is -0.117. The second kappa shape index (κ2) is 6.42. The lowest BCUT2D eigenvalue weighted by Gasteiger charge is -2.17. The van der Waals surface area contributed by atoms with Crippen LogP contribution in [0, 0.1) is 5.92 Å². The van der Waals surface area contributed by atoms with Crippen LogP contribution in [0.4, 0.5) is 5.69 Å². The number of sulfonamides is 1. The first-order valence-corrected chi connectivity index (χ1v) is 8.25. The molecule has 1 saturated heterocycles. The molecule has 1 aliphatic heterocycles. The molecule has 2 rings (SSSR count). The predicted molar refractivity (Wildman–Crippen MR) is 77.5 cm³/mol. The van der Waals surface area contributed by atoms with Gasteiger partial charge in [0.2, 0.25) is 15.9 Å². The monoisotopic (exact) mass is 314 g/mol. The third-order valence-corrected chi connectivity index (χ3v) is 4.12. The molecule has 1 aromatic rings. The molecule has 7 nitrogen and oxygen atoms in total. The summed E-state index contributed by atoms with van der Waals surface area (Å²) in [5.41, 5.74) is 0.688. The number of ether oxygens (including phenoxy) is 1. The standard InChI is InChI=1S/C13H18N2O5S/c14-21(18,19)9-10-7-13(17)15(8-10)11-1-3-12(4-2-11)20-6-5-16/h1-4,10,16H,5-9H2,(H2,14,18,19). The van der Waals surface area contributed by atoms with Crippen LogP contribution in [-0.2, 0) is 14.8 Å². The maximum atomic E-state index is 12.0. The summed E-state index contributed by atoms with van der Waals surface area (Å²) in [5.74, 6) is 0.0125. The molecular formula is C13H18N2O5S. The first-order valence-electron chi connectivity index (χ1n) is 6.53. The maximum absolute atomic E-state index is 12.0. The lowest BCUT2D eigenvalue weighted by atomic mass is 10.1. The maximum Gasteiger partial charge on any atom is 0.227 e. The van der Waals surface area contributed by atoms with Crippen molar-refractivity contribution in [1.82, 2.24) is 0 Å². The second-order valence-corrected chi connectivity index (χ2v) is 6.63. The number of aliphatic hydroxyl groups excluding tert-OH is 1. The Kier molecular flexibility index (Phi) is 4.81. The number of amides is 1. The highest BCUT2D eigenvalue weighted by Gasteiger charge is 2.32. The summed E-state index contributed by atoms with van der Waals surface area (Å²) in [6.45, 7) is 0.478. The van der Waals surface area contributed by atoms with Crippen molar-refractivity contribution in [3.8, 4) is 5.75 Å². The van der Waals surface area contributed by atoms with Crippen molar-refractivity contribution in [3.63, 3.8) is 0 Å². The number of carbonyl (C=O) groups excluding carboxylic acids is 1. The molecular weight excluding hydrogens is 296 g/mol. The zero-order chi connectivity index (χ0) is 15.5. The largest absolute Gasteiger partial charge is 0.491 e. The molecule has 0 saturated carbocycles. The van der Waals surface area contributed by atoms with Gasteiger partial charge in [0.1, 0.15) is 12.4 Å². The fraction of sp³-hybridized carbons (Fsp3) is 0.462. The number of carbonyl (C=O) groups is 1. The molecule has 0 aromatic heterocycles. The zero-order valence-corrected chi connectivity index (χ0v) is 12.3. The van der Waals surface area contributed by atoms with E-state index in [1.54, 1.807) is 29.2 Å². The molecule has 1 unspecified atom stereocenters. The average molecular weight is 314 g/mol. The van der Waals surface area contributed by atoms with E-state index in [2.05, 4.69) is 0 Å². The molecule has 0 bridgehead atoms. The number of primary sulfonamides is 1. The Bertz CT molecular complexity index is 599. The van der Waals surface area contributed by atoms with Crippen molar-refractivity contribution in [3.05, 3.63) is 24.3 Å². The van der Waals surface area contributed by atoms with Crippen LogP contribution >= 0.6 is 0 Å². The smallest absolute Gasteiger partial charge is 0.227 e. The molecule has 3 N–H and O–H groups in total. The fourth-order valence-corrected chi connectivity index (χ4v) is 3.24. The van der Waals surface area contributed by atoms with Gasteiger partial charge in [0, 0.05) is 24.6 Å². The number of nitrogens with two attached hydrogens (primary N) is 1. The Morgan fingerprint density at radius 1 is 1.33 bits per heavy atom. The average Bonchev–Trinajstić information content (AvgIpc) is 2.75. The van der Waals surface area contributed by atoms with Crippen molar-refractivity contribution in [1.29, 1.82) is 0 Å². The van der Waals surface area contributed by atoms with Crippen LogP contribution in [0.3, 0.4) is 0 Å². The number of hydrogen-bond donors (Lipinski definition) is 2. The summed E-state index contributed by atoms with van der Waals surface area (Å²) >= 11 is 0. The number of anilines is 1. The van der Waals surface area contributed by atoms with Crippen molar-refractivity contribution in [2.75, 3.05) is 30.4 Å². The van der Waals surface area contributed by atoms with Crippen LogP contribution in [0.5, 0.6) is 5.75 Å². The van der Waals surface area contributed by atoms with Crippen LogP contribution in [0.25, 0.3) is 0 Å². The number of hydrogen-bond acceptors (Lipinski definition) is 5. The highest BCUT2D eigenvalue weighted by Crippen LogP contribution is 2.27. The highest BCUT2D eigenvalue weighted by molar-refractivity contribution is 7.89. The SMILES string of the molecule is NS(=O)(=O)CC1CC(=O)N(c2ccc(OCCO)cc2)C1. The normalized spacial score (nSPS) is 19.0. The van der Waals surface area contributed by atoms with E-state index in [9.17, 15) is 13.2 Å². The molecule has 116 valence electrons. The molecule has 21 heavy (non-hydrogen) atoms. The summed E-state index contributed by atoms with van der Waals surface area (Å²) < 4.78 is 27.4. The van der Waals surface area contributed by atoms with E-state index in [1.807, 2.05) is 0 Å². The van der Waals surface area contributed by atoms with Gasteiger partial charge < -0.3 is 14.7 Å². The van der Waals surface area contributed by atoms with Crippen LogP contribution in [0.2, 0.25) is 0 Å². The third kappa shape index (κ3) is 4.42. The van der Waals surface area contributed by atoms with Gasteiger partial charge in [-0.15, -0.1) is 0 Å². The highest BCUT2D eigenvalue weighted by atomic mass is 32.2. The number of aliphatic hydroxyl groups is 1. The number of rotatable bonds is 6. The molecule has 1 aromatic carbocycles. The van der Waals surface area contributed by atoms with Crippen LogP contribution < -0.4 is 14.8 Å².